The average Bonchev–Trinajstić information content (AvgIpc) is 2.41. The Kier molecular flexibility index (Phi) is 5.58. The SMILES string of the molecule is CC(C)NC1(C(=O)O)CCCC(Sc2ccccc2Cl)C1. The van der Waals surface area contributed by atoms with Gasteiger partial charge in [0.05, 0.1) is 5.02 Å². The zero-order chi connectivity index (χ0) is 15.5. The van der Waals surface area contributed by atoms with Crippen molar-refractivity contribution in [3.63, 3.8) is 0 Å². The lowest BCUT2D eigenvalue weighted by Crippen LogP contribution is -2.57. The highest BCUT2D eigenvalue weighted by Crippen LogP contribution is 2.40. The smallest absolute Gasteiger partial charge is 0.323 e. The van der Waals surface area contributed by atoms with Crippen LogP contribution in [0.25, 0.3) is 0 Å². The standard InChI is InChI=1S/C16H22ClNO2S/c1-11(2)18-16(15(19)20)9-5-6-12(10-16)21-14-8-4-3-7-13(14)17/h3-4,7-8,11-12,18H,5-6,9-10H2,1-2H3,(H,19,20). The molecule has 1 fully saturated rings. The van der Waals surface area contributed by atoms with Crippen LogP contribution in [0.3, 0.4) is 0 Å². The van der Waals surface area contributed by atoms with E-state index in [0.717, 1.165) is 22.8 Å². The van der Waals surface area contributed by atoms with Crippen LogP contribution < -0.4 is 5.32 Å². The first-order valence-corrected chi connectivity index (χ1v) is 8.61. The highest BCUT2D eigenvalue weighted by Gasteiger charge is 2.43. The number of hydrogen-bond donors (Lipinski definition) is 2. The number of thioether (sulfide) groups is 1. The van der Waals surface area contributed by atoms with Crippen LogP contribution in [0.1, 0.15) is 39.5 Å². The number of carboxylic acid groups (broad SMARTS) is 1. The van der Waals surface area contributed by atoms with Gasteiger partial charge in [0.1, 0.15) is 5.54 Å². The molecular formula is C16H22ClNO2S. The molecule has 2 rings (SSSR count). The third kappa shape index (κ3) is 4.15. The van der Waals surface area contributed by atoms with Gasteiger partial charge < -0.3 is 5.11 Å². The summed E-state index contributed by atoms with van der Waals surface area (Å²) in [7, 11) is 0. The second-order valence-electron chi connectivity index (χ2n) is 5.95. The molecule has 1 saturated carbocycles. The number of carbonyl (C=O) groups is 1. The number of hydrogen-bond acceptors (Lipinski definition) is 3. The van der Waals surface area contributed by atoms with Crippen LogP contribution in [0.2, 0.25) is 5.02 Å². The van der Waals surface area contributed by atoms with Crippen molar-refractivity contribution >= 4 is 29.3 Å². The number of carboxylic acids is 1. The molecule has 0 amide bonds. The number of halogens is 1. The minimum atomic E-state index is -0.800. The molecule has 0 spiro atoms. The third-order valence-electron chi connectivity index (χ3n) is 3.81. The predicted octanol–water partition coefficient (Wildman–Crippen LogP) is 4.20. The lowest BCUT2D eigenvalue weighted by molar-refractivity contribution is -0.146. The van der Waals surface area contributed by atoms with Crippen molar-refractivity contribution in [3.8, 4) is 0 Å². The Hall–Kier alpha value is -0.710. The molecule has 0 bridgehead atoms. The molecule has 1 aliphatic rings. The van der Waals surface area contributed by atoms with E-state index in [9.17, 15) is 9.90 Å². The summed E-state index contributed by atoms with van der Waals surface area (Å²) in [6, 6.07) is 7.91. The zero-order valence-electron chi connectivity index (χ0n) is 12.4. The van der Waals surface area contributed by atoms with E-state index in [1.165, 1.54) is 0 Å². The van der Waals surface area contributed by atoms with Crippen LogP contribution in [-0.4, -0.2) is 27.9 Å². The lowest BCUT2D eigenvalue weighted by Gasteiger charge is -2.39. The summed E-state index contributed by atoms with van der Waals surface area (Å²) in [4.78, 5) is 12.8. The molecule has 1 aliphatic carbocycles. The molecule has 0 heterocycles. The largest absolute Gasteiger partial charge is 0.480 e. The Morgan fingerprint density at radius 1 is 1.48 bits per heavy atom. The van der Waals surface area contributed by atoms with E-state index in [1.807, 2.05) is 38.1 Å². The van der Waals surface area contributed by atoms with Gasteiger partial charge in [0, 0.05) is 16.2 Å². The summed E-state index contributed by atoms with van der Waals surface area (Å²) >= 11 is 7.91. The van der Waals surface area contributed by atoms with Gasteiger partial charge >= 0.3 is 5.97 Å². The maximum atomic E-state index is 11.8. The number of nitrogens with one attached hydrogen (secondary N) is 1. The summed E-state index contributed by atoms with van der Waals surface area (Å²) in [5.41, 5.74) is -0.800. The molecule has 116 valence electrons. The molecule has 2 N–H and O–H groups in total. The van der Waals surface area contributed by atoms with Gasteiger partial charge in [-0.15, -0.1) is 11.8 Å². The van der Waals surface area contributed by atoms with Crippen molar-refractivity contribution in [3.05, 3.63) is 29.3 Å². The molecule has 21 heavy (non-hydrogen) atoms. The van der Waals surface area contributed by atoms with E-state index < -0.39 is 11.5 Å². The van der Waals surface area contributed by atoms with E-state index in [2.05, 4.69) is 5.32 Å². The Morgan fingerprint density at radius 3 is 2.81 bits per heavy atom. The second kappa shape index (κ2) is 7.03. The normalized spacial score (nSPS) is 26.0. The maximum Gasteiger partial charge on any atom is 0.323 e. The molecule has 0 saturated heterocycles. The molecule has 0 aromatic heterocycles. The monoisotopic (exact) mass is 327 g/mol. The van der Waals surface area contributed by atoms with Crippen LogP contribution in [0, 0.1) is 0 Å². The molecule has 0 radical (unpaired) electrons. The van der Waals surface area contributed by atoms with Crippen LogP contribution in [0.15, 0.2) is 29.2 Å². The lowest BCUT2D eigenvalue weighted by atomic mass is 9.81. The van der Waals surface area contributed by atoms with Crippen LogP contribution >= 0.6 is 23.4 Å². The van der Waals surface area contributed by atoms with E-state index >= 15 is 0 Å². The molecule has 5 heteroatoms. The second-order valence-corrected chi connectivity index (χ2v) is 7.70. The Bertz CT molecular complexity index is 509. The van der Waals surface area contributed by atoms with Crippen LogP contribution in [-0.2, 0) is 4.79 Å². The average molecular weight is 328 g/mol. The number of rotatable bonds is 5. The third-order valence-corrected chi connectivity index (χ3v) is 5.60. The number of benzene rings is 1. The predicted molar refractivity (Wildman–Crippen MR) is 88.2 cm³/mol. The minimum Gasteiger partial charge on any atom is -0.480 e. The van der Waals surface area contributed by atoms with Crippen molar-refractivity contribution < 1.29 is 9.90 Å². The van der Waals surface area contributed by atoms with Gasteiger partial charge in [-0.25, -0.2) is 0 Å². The first kappa shape index (κ1) is 16.7. The Labute approximate surface area is 135 Å². The van der Waals surface area contributed by atoms with Gasteiger partial charge in [0.25, 0.3) is 0 Å². The molecule has 0 aliphatic heterocycles. The Morgan fingerprint density at radius 2 is 2.19 bits per heavy atom. The quantitative estimate of drug-likeness (QED) is 0.851. The fourth-order valence-corrected chi connectivity index (χ4v) is 4.60. The van der Waals surface area contributed by atoms with Crippen LogP contribution in [0.4, 0.5) is 0 Å². The van der Waals surface area contributed by atoms with E-state index in [1.54, 1.807) is 11.8 Å². The van der Waals surface area contributed by atoms with Crippen molar-refractivity contribution in [2.45, 2.75) is 61.3 Å². The fraction of sp³-hybridized carbons (Fsp3) is 0.562. The summed E-state index contributed by atoms with van der Waals surface area (Å²) in [6.07, 6.45) is 3.29. The Balaban J connectivity index is 2.12. The van der Waals surface area contributed by atoms with Crippen LogP contribution in [0.5, 0.6) is 0 Å². The zero-order valence-corrected chi connectivity index (χ0v) is 14.0. The topological polar surface area (TPSA) is 49.3 Å². The first-order valence-electron chi connectivity index (χ1n) is 7.35. The van der Waals surface area contributed by atoms with Crippen molar-refractivity contribution in [1.29, 1.82) is 0 Å². The maximum absolute atomic E-state index is 11.8. The van der Waals surface area contributed by atoms with E-state index in [-0.39, 0.29) is 11.3 Å². The fourth-order valence-electron chi connectivity index (χ4n) is 2.98. The first-order chi connectivity index (χ1) is 9.93. The molecule has 1 aromatic rings. The summed E-state index contributed by atoms with van der Waals surface area (Å²) in [5, 5.41) is 14.0. The molecule has 2 unspecified atom stereocenters. The summed E-state index contributed by atoms with van der Waals surface area (Å²) in [6.45, 7) is 3.99. The van der Waals surface area contributed by atoms with E-state index in [4.69, 9.17) is 11.6 Å². The molecular weight excluding hydrogens is 306 g/mol. The van der Waals surface area contributed by atoms with Crippen molar-refractivity contribution in [2.75, 3.05) is 0 Å². The molecule has 1 aromatic carbocycles. The summed E-state index contributed by atoms with van der Waals surface area (Å²) in [5.74, 6) is -0.736. The van der Waals surface area contributed by atoms with E-state index in [0.29, 0.717) is 12.8 Å². The molecule has 2 atom stereocenters. The number of aliphatic carboxylic acids is 1. The highest BCUT2D eigenvalue weighted by molar-refractivity contribution is 8.00. The van der Waals surface area contributed by atoms with Gasteiger partial charge in [0.2, 0.25) is 0 Å². The minimum absolute atomic E-state index is 0.158. The van der Waals surface area contributed by atoms with Gasteiger partial charge in [-0.05, 0) is 51.7 Å². The highest BCUT2D eigenvalue weighted by atomic mass is 35.5. The summed E-state index contributed by atoms with van der Waals surface area (Å²) < 4.78 is 0. The van der Waals surface area contributed by atoms with Crippen molar-refractivity contribution in [2.24, 2.45) is 0 Å². The van der Waals surface area contributed by atoms with Gasteiger partial charge in [-0.2, -0.15) is 0 Å². The molecule has 3 nitrogen and oxygen atoms in total. The van der Waals surface area contributed by atoms with Gasteiger partial charge in [0.15, 0.2) is 0 Å². The van der Waals surface area contributed by atoms with Gasteiger partial charge in [-0.1, -0.05) is 23.7 Å². The van der Waals surface area contributed by atoms with Crippen molar-refractivity contribution in [1.82, 2.24) is 5.32 Å². The van der Waals surface area contributed by atoms with Gasteiger partial charge in [-0.3, -0.25) is 10.1 Å².